The molecular formula is C67H73F4N11O5. The van der Waals surface area contributed by atoms with Gasteiger partial charge in [0.2, 0.25) is 11.9 Å². The Kier molecular flexibility index (Phi) is 18.0. The molecule has 1 amide bonds. The van der Waals surface area contributed by atoms with Gasteiger partial charge in [-0.25, -0.2) is 32.3 Å². The van der Waals surface area contributed by atoms with Crippen LogP contribution < -0.4 is 26.2 Å². The zero-order valence-corrected chi connectivity index (χ0v) is 49.8. The average molecular weight is 1190 g/mol. The number of likely N-dealkylation sites (tertiary alicyclic amines) is 2. The number of pyridine rings is 2. The summed E-state index contributed by atoms with van der Waals surface area (Å²) in [5.74, 6) is -2.57. The number of aromatic nitrogens is 6. The van der Waals surface area contributed by atoms with Crippen molar-refractivity contribution in [1.29, 1.82) is 0 Å². The molecule has 0 radical (unpaired) electrons. The van der Waals surface area contributed by atoms with Crippen LogP contribution in [0.15, 0.2) is 107 Å². The number of aromatic carboxylic acids is 1. The maximum atomic E-state index is 15.2. The Morgan fingerprint density at radius 3 is 1.31 bits per heavy atom. The number of anilines is 2. The molecule has 4 aliphatic rings. The largest absolute Gasteiger partial charge is 0.478 e. The van der Waals surface area contributed by atoms with Crippen molar-refractivity contribution in [1.82, 2.24) is 44.2 Å². The number of nitrogens with zero attached hydrogens (tertiary/aromatic N) is 10. The molecule has 87 heavy (non-hydrogen) atoms. The van der Waals surface area contributed by atoms with Crippen molar-refractivity contribution in [3.8, 4) is 33.9 Å². The molecule has 454 valence electrons. The van der Waals surface area contributed by atoms with Crippen molar-refractivity contribution in [2.45, 2.75) is 104 Å². The highest BCUT2D eigenvalue weighted by atomic mass is 19.1. The maximum absolute atomic E-state index is 15.2. The van der Waals surface area contributed by atoms with Crippen molar-refractivity contribution in [3.63, 3.8) is 0 Å². The lowest BCUT2D eigenvalue weighted by Gasteiger charge is -2.41. The predicted molar refractivity (Wildman–Crippen MR) is 330 cm³/mol. The summed E-state index contributed by atoms with van der Waals surface area (Å²) >= 11 is 0. The Morgan fingerprint density at radius 1 is 0.529 bits per heavy atom. The molecule has 0 atom stereocenters. The number of piperidine rings is 4. The van der Waals surface area contributed by atoms with E-state index in [1.54, 1.807) is 24.3 Å². The molecule has 0 aliphatic carbocycles. The Hall–Kier alpha value is -8.36. The van der Waals surface area contributed by atoms with Crippen LogP contribution in [0.2, 0.25) is 0 Å². The van der Waals surface area contributed by atoms with E-state index in [0.717, 1.165) is 115 Å². The molecule has 4 fully saturated rings. The van der Waals surface area contributed by atoms with Gasteiger partial charge in [0, 0.05) is 84.4 Å². The van der Waals surface area contributed by atoms with Crippen LogP contribution in [0, 0.1) is 49.0 Å². The first-order valence-corrected chi connectivity index (χ1v) is 30.4. The summed E-state index contributed by atoms with van der Waals surface area (Å²) in [4.78, 5) is 80.1. The Bertz CT molecular complexity index is 3970. The second-order valence-electron chi connectivity index (χ2n) is 23.9. The number of carboxylic acids is 1. The van der Waals surface area contributed by atoms with Gasteiger partial charge >= 0.3 is 5.97 Å². The second-order valence-corrected chi connectivity index (χ2v) is 23.9. The third-order valence-electron chi connectivity index (χ3n) is 18.0. The number of hydrogen-bond donors (Lipinski definition) is 2. The summed E-state index contributed by atoms with van der Waals surface area (Å²) in [6, 6.07) is 23.7. The van der Waals surface area contributed by atoms with E-state index in [1.807, 2.05) is 31.7 Å². The Morgan fingerprint density at radius 2 is 0.920 bits per heavy atom. The quantitative estimate of drug-likeness (QED) is 0.111. The number of rotatable bonds is 12. The van der Waals surface area contributed by atoms with Crippen molar-refractivity contribution >= 4 is 45.8 Å². The van der Waals surface area contributed by atoms with E-state index in [4.69, 9.17) is 19.9 Å². The fourth-order valence-electron chi connectivity index (χ4n) is 12.8. The number of carbonyl (C=O) groups excluding carboxylic acids is 1. The molecule has 0 saturated carbocycles. The lowest BCUT2D eigenvalue weighted by atomic mass is 9.95. The number of nitrogens with one attached hydrogen (secondary N) is 1. The molecule has 0 unspecified atom stereocenters. The minimum Gasteiger partial charge on any atom is -0.478 e. The van der Waals surface area contributed by atoms with Crippen molar-refractivity contribution in [2.75, 3.05) is 68.7 Å². The van der Waals surface area contributed by atoms with Crippen LogP contribution in [-0.4, -0.2) is 127 Å². The minimum absolute atomic E-state index is 0.0544. The van der Waals surface area contributed by atoms with Gasteiger partial charge < -0.3 is 30.0 Å². The highest BCUT2D eigenvalue weighted by Gasteiger charge is 2.32. The third-order valence-corrected chi connectivity index (χ3v) is 18.0. The molecule has 20 heteroatoms. The van der Waals surface area contributed by atoms with E-state index in [0.29, 0.717) is 95.6 Å². The number of para-hydroxylation sites is 2. The van der Waals surface area contributed by atoms with Gasteiger partial charge in [-0.05, 0) is 181 Å². The Labute approximate surface area is 502 Å². The molecule has 4 aromatic heterocycles. The monoisotopic (exact) mass is 1190 g/mol. The molecule has 4 aliphatic heterocycles. The SMILES string of the molecule is CCCNC(=O)c1ccc(C)c(-c2nc(N3CCC(N4CCC(C)CC4)CC3)nc3c2ccc(=O)n3-c2c(F)cccc2F)c1.Cc1ccc(C(=O)O)cc1-c1nc(N2CCC(N3CCC(C)CC3)CC2)nc2c1ccc(=O)n2-c1c(F)cccc1F. The zero-order valence-electron chi connectivity index (χ0n) is 49.8. The van der Waals surface area contributed by atoms with E-state index in [9.17, 15) is 24.3 Å². The van der Waals surface area contributed by atoms with E-state index < -0.39 is 51.7 Å². The van der Waals surface area contributed by atoms with Gasteiger partial charge in [-0.1, -0.05) is 45.0 Å². The van der Waals surface area contributed by atoms with E-state index in [-0.39, 0.29) is 22.8 Å². The minimum atomic E-state index is -1.09. The fraction of sp³-hybridized carbons (Fsp3) is 0.403. The summed E-state index contributed by atoms with van der Waals surface area (Å²) in [5, 5.41) is 13.4. The first-order chi connectivity index (χ1) is 42.0. The smallest absolute Gasteiger partial charge is 0.335 e. The summed E-state index contributed by atoms with van der Waals surface area (Å²) in [7, 11) is 0. The third kappa shape index (κ3) is 12.6. The molecular weight excluding hydrogens is 1110 g/mol. The predicted octanol–water partition coefficient (Wildman–Crippen LogP) is 11.3. The highest BCUT2D eigenvalue weighted by molar-refractivity contribution is 5.99. The molecule has 0 bridgehead atoms. The number of fused-ring (bicyclic) bond motifs is 2. The summed E-state index contributed by atoms with van der Waals surface area (Å²) in [5.41, 5.74) is 2.21. The number of amides is 1. The van der Waals surface area contributed by atoms with E-state index >= 15 is 17.6 Å². The van der Waals surface area contributed by atoms with Crippen LogP contribution in [0.25, 0.3) is 56.0 Å². The topological polar surface area (TPSA) is 175 Å². The number of carboxylic acid groups (broad SMARTS) is 1. The van der Waals surface area contributed by atoms with Crippen LogP contribution in [0.5, 0.6) is 0 Å². The highest BCUT2D eigenvalue weighted by Crippen LogP contribution is 2.37. The van der Waals surface area contributed by atoms with Gasteiger partial charge in [-0.2, -0.15) is 9.97 Å². The zero-order chi connectivity index (χ0) is 61.2. The number of aryl methyl sites for hydroxylation is 2. The first kappa shape index (κ1) is 60.3. The summed E-state index contributed by atoms with van der Waals surface area (Å²) < 4.78 is 62.4. The Balaban J connectivity index is 0.000000181. The molecule has 8 heterocycles. The normalized spacial score (nSPS) is 17.0. The molecule has 2 N–H and O–H groups in total. The van der Waals surface area contributed by atoms with Crippen molar-refractivity contribution < 1.29 is 32.3 Å². The van der Waals surface area contributed by atoms with Crippen LogP contribution >= 0.6 is 0 Å². The average Bonchev–Trinajstić information content (AvgIpc) is 0.969. The molecule has 12 rings (SSSR count). The van der Waals surface area contributed by atoms with Gasteiger partial charge in [0.1, 0.15) is 34.6 Å². The fourth-order valence-corrected chi connectivity index (χ4v) is 12.8. The van der Waals surface area contributed by atoms with Gasteiger partial charge in [0.15, 0.2) is 11.3 Å². The number of benzene rings is 4. The van der Waals surface area contributed by atoms with Crippen molar-refractivity contribution in [3.05, 3.63) is 163 Å². The summed E-state index contributed by atoms with van der Waals surface area (Å²) in [6.45, 7) is 18.1. The van der Waals surface area contributed by atoms with Gasteiger partial charge in [0.25, 0.3) is 17.0 Å². The van der Waals surface area contributed by atoms with Crippen LogP contribution in [0.3, 0.4) is 0 Å². The van der Waals surface area contributed by atoms with Gasteiger partial charge in [0.05, 0.1) is 17.0 Å². The van der Waals surface area contributed by atoms with Crippen molar-refractivity contribution in [2.24, 2.45) is 11.8 Å². The number of halogens is 4. The van der Waals surface area contributed by atoms with E-state index in [2.05, 4.69) is 33.9 Å². The lowest BCUT2D eigenvalue weighted by Crippen LogP contribution is -2.48. The first-order valence-electron chi connectivity index (χ1n) is 30.4. The van der Waals surface area contributed by atoms with Crippen LogP contribution in [-0.2, 0) is 0 Å². The molecule has 0 spiro atoms. The second kappa shape index (κ2) is 25.9. The van der Waals surface area contributed by atoms with E-state index in [1.165, 1.54) is 68.1 Å². The van der Waals surface area contributed by atoms with Gasteiger partial charge in [-0.15, -0.1) is 0 Å². The standard InChI is InChI=1S/C35H40F2N6O2.C32H33F2N5O3/c1-4-16-38-34(45)24-9-8-23(3)27(21-24)31-26-10-11-30(44)43(32-28(36)6-5-7-29(32)37)33(26)40-35(39-31)42-19-14-25(15-20-42)41-17-12-22(2)13-18-41;1-19-10-14-37(15-11-19)22-12-16-38(17-13-22)32-35-28(24-18-21(31(41)42)7-6-20(24)2)23-8-9-27(40)39(30(23)36-32)29-25(33)4-3-5-26(29)34/h5-11,21-22,25H,4,12-20H2,1-3H3,(H,38,45);3-9,18-19,22H,10-17H2,1-2H3,(H,41,42). The molecule has 16 nitrogen and oxygen atoms in total. The van der Waals surface area contributed by atoms with Crippen LogP contribution in [0.4, 0.5) is 29.5 Å². The molecule has 8 aromatic rings. The van der Waals surface area contributed by atoms with Gasteiger partial charge in [-0.3, -0.25) is 23.5 Å². The summed E-state index contributed by atoms with van der Waals surface area (Å²) in [6.07, 6.45) is 9.38. The molecule has 4 aromatic carbocycles. The number of hydrogen-bond acceptors (Lipinski definition) is 12. The van der Waals surface area contributed by atoms with Crippen LogP contribution in [0.1, 0.15) is 110 Å². The lowest BCUT2D eigenvalue weighted by molar-refractivity contribution is 0.0696. The molecule has 4 saturated heterocycles. The maximum Gasteiger partial charge on any atom is 0.335 e. The number of carbonyl (C=O) groups is 2.